The van der Waals surface area contributed by atoms with Crippen LogP contribution in [0.25, 0.3) is 16.2 Å². The van der Waals surface area contributed by atoms with Crippen molar-refractivity contribution < 1.29 is 9.18 Å². The molecule has 0 unspecified atom stereocenters. The number of anilines is 1. The fourth-order valence-electron chi connectivity index (χ4n) is 2.74. The largest absolute Gasteiger partial charge is 0.354 e. The summed E-state index contributed by atoms with van der Waals surface area (Å²) in [7, 11) is 0. The quantitative estimate of drug-likeness (QED) is 0.766. The number of amides is 1. The van der Waals surface area contributed by atoms with Crippen molar-refractivity contribution in [3.8, 4) is 11.3 Å². The molecule has 1 fully saturated rings. The molecule has 1 saturated heterocycles. The van der Waals surface area contributed by atoms with Gasteiger partial charge >= 0.3 is 0 Å². The highest BCUT2D eigenvalue weighted by atomic mass is 32.1. The number of fused-ring (bicyclic) bond motifs is 1. The van der Waals surface area contributed by atoms with Crippen LogP contribution in [0.5, 0.6) is 0 Å². The molecule has 0 spiro atoms. The first-order valence-corrected chi connectivity index (χ1v) is 8.67. The molecule has 3 heterocycles. The monoisotopic (exact) mass is 345 g/mol. The molecule has 0 aliphatic carbocycles. The second-order valence-corrected chi connectivity index (χ2v) is 6.71. The standard InChI is InChI=1S/C16H16FN5OS/c17-11-6-4-10(5-7-11)13-9-22-16(20-13)24-15(21-22)19-12-3-1-2-8-18-14(12)23/h4-7,9,12H,1-3,8H2,(H,18,23)(H,19,21)/t12-/m0/s1. The van der Waals surface area contributed by atoms with Crippen LogP contribution in [0.2, 0.25) is 0 Å². The van der Waals surface area contributed by atoms with Crippen molar-refractivity contribution in [1.29, 1.82) is 0 Å². The number of carbonyl (C=O) groups is 1. The molecular weight excluding hydrogens is 329 g/mol. The summed E-state index contributed by atoms with van der Waals surface area (Å²) in [4.78, 5) is 17.2. The summed E-state index contributed by atoms with van der Waals surface area (Å²) in [5.41, 5.74) is 1.58. The minimum atomic E-state index is -0.272. The lowest BCUT2D eigenvalue weighted by molar-refractivity contribution is -0.121. The number of halogens is 1. The maximum atomic E-state index is 13.0. The summed E-state index contributed by atoms with van der Waals surface area (Å²) in [5, 5.41) is 11.2. The van der Waals surface area contributed by atoms with Gasteiger partial charge in [-0.2, -0.15) is 0 Å². The highest BCUT2D eigenvalue weighted by Crippen LogP contribution is 2.25. The molecule has 1 aliphatic heterocycles. The van der Waals surface area contributed by atoms with Crippen LogP contribution in [-0.4, -0.2) is 33.1 Å². The van der Waals surface area contributed by atoms with E-state index in [9.17, 15) is 9.18 Å². The normalized spacial score (nSPS) is 18.4. The molecule has 1 aliphatic rings. The molecule has 2 aromatic heterocycles. The zero-order valence-electron chi connectivity index (χ0n) is 12.8. The summed E-state index contributed by atoms with van der Waals surface area (Å²) in [5.74, 6) is -0.251. The van der Waals surface area contributed by atoms with Gasteiger partial charge in [0.2, 0.25) is 16.0 Å². The Kier molecular flexibility index (Phi) is 3.89. The van der Waals surface area contributed by atoms with Crippen LogP contribution in [0.3, 0.4) is 0 Å². The predicted molar refractivity (Wildman–Crippen MR) is 90.5 cm³/mol. The second kappa shape index (κ2) is 6.20. The molecule has 0 saturated carbocycles. The Morgan fingerprint density at radius 2 is 2.12 bits per heavy atom. The third kappa shape index (κ3) is 2.96. The molecule has 2 N–H and O–H groups in total. The van der Waals surface area contributed by atoms with E-state index in [2.05, 4.69) is 20.7 Å². The number of rotatable bonds is 3. The minimum Gasteiger partial charge on any atom is -0.354 e. The second-order valence-electron chi connectivity index (χ2n) is 5.75. The molecule has 0 bridgehead atoms. The van der Waals surface area contributed by atoms with E-state index < -0.39 is 0 Å². The average Bonchev–Trinajstić information content (AvgIpc) is 3.05. The van der Waals surface area contributed by atoms with E-state index in [0.29, 0.717) is 5.13 Å². The first kappa shape index (κ1) is 15.1. The molecule has 8 heteroatoms. The van der Waals surface area contributed by atoms with Gasteiger partial charge in [0, 0.05) is 12.1 Å². The molecule has 6 nitrogen and oxygen atoms in total. The van der Waals surface area contributed by atoms with E-state index in [1.54, 1.807) is 22.8 Å². The van der Waals surface area contributed by atoms with E-state index >= 15 is 0 Å². The number of hydrogen-bond acceptors (Lipinski definition) is 5. The van der Waals surface area contributed by atoms with Crippen molar-refractivity contribution in [3.05, 3.63) is 36.3 Å². The molecule has 24 heavy (non-hydrogen) atoms. The van der Waals surface area contributed by atoms with E-state index in [1.807, 2.05) is 0 Å². The van der Waals surface area contributed by atoms with Crippen LogP contribution in [0.4, 0.5) is 9.52 Å². The predicted octanol–water partition coefficient (Wildman–Crippen LogP) is 2.68. The number of carbonyl (C=O) groups excluding carboxylic acids is 1. The number of nitrogens with zero attached hydrogens (tertiary/aromatic N) is 3. The van der Waals surface area contributed by atoms with Crippen molar-refractivity contribution in [2.45, 2.75) is 25.3 Å². The molecule has 124 valence electrons. The minimum absolute atomic E-state index is 0.0207. The number of imidazole rings is 1. The molecule has 1 atom stereocenters. The number of hydrogen-bond donors (Lipinski definition) is 2. The Morgan fingerprint density at radius 3 is 2.92 bits per heavy atom. The van der Waals surface area contributed by atoms with Gasteiger partial charge in [-0.15, -0.1) is 5.10 Å². The van der Waals surface area contributed by atoms with Crippen LogP contribution in [0, 0.1) is 5.82 Å². The zero-order valence-corrected chi connectivity index (χ0v) is 13.6. The summed E-state index contributed by atoms with van der Waals surface area (Å²) in [6.45, 7) is 0.735. The van der Waals surface area contributed by atoms with Crippen molar-refractivity contribution in [1.82, 2.24) is 19.9 Å². The van der Waals surface area contributed by atoms with Gasteiger partial charge in [0.15, 0.2) is 0 Å². The Balaban J connectivity index is 1.55. The molecule has 1 amide bonds. The fourth-order valence-corrected chi connectivity index (χ4v) is 3.58. The zero-order chi connectivity index (χ0) is 16.5. The maximum absolute atomic E-state index is 13.0. The van der Waals surface area contributed by atoms with E-state index in [1.165, 1.54) is 23.5 Å². The van der Waals surface area contributed by atoms with Crippen molar-refractivity contribution in [2.24, 2.45) is 0 Å². The summed E-state index contributed by atoms with van der Waals surface area (Å²) >= 11 is 1.39. The Hall–Kier alpha value is -2.48. The van der Waals surface area contributed by atoms with Gasteiger partial charge in [-0.05, 0) is 43.5 Å². The number of nitrogens with one attached hydrogen (secondary N) is 2. The Labute approximate surface area is 141 Å². The molecule has 0 radical (unpaired) electrons. The van der Waals surface area contributed by atoms with Crippen LogP contribution < -0.4 is 10.6 Å². The first-order valence-electron chi connectivity index (χ1n) is 7.85. The molecule has 4 rings (SSSR count). The smallest absolute Gasteiger partial charge is 0.242 e. The van der Waals surface area contributed by atoms with Gasteiger partial charge in [0.05, 0.1) is 11.9 Å². The van der Waals surface area contributed by atoms with Crippen LogP contribution >= 0.6 is 11.3 Å². The third-order valence-electron chi connectivity index (χ3n) is 4.02. The summed E-state index contributed by atoms with van der Waals surface area (Å²) in [6.07, 6.45) is 4.62. The van der Waals surface area contributed by atoms with Gasteiger partial charge in [0.25, 0.3) is 0 Å². The highest BCUT2D eigenvalue weighted by molar-refractivity contribution is 7.20. The van der Waals surface area contributed by atoms with Crippen molar-refractivity contribution in [2.75, 3.05) is 11.9 Å². The van der Waals surface area contributed by atoms with Gasteiger partial charge in [-0.25, -0.2) is 13.9 Å². The first-order chi connectivity index (χ1) is 11.7. The highest BCUT2D eigenvalue weighted by Gasteiger charge is 2.22. The van der Waals surface area contributed by atoms with E-state index in [0.717, 1.165) is 42.0 Å². The molecular formula is C16H16FN5OS. The lowest BCUT2D eigenvalue weighted by Crippen LogP contribution is -2.37. The van der Waals surface area contributed by atoms with E-state index in [4.69, 9.17) is 0 Å². The lowest BCUT2D eigenvalue weighted by atomic mass is 10.1. The van der Waals surface area contributed by atoms with Crippen LogP contribution in [0.15, 0.2) is 30.5 Å². The van der Waals surface area contributed by atoms with Crippen LogP contribution in [-0.2, 0) is 4.79 Å². The van der Waals surface area contributed by atoms with Gasteiger partial charge < -0.3 is 10.6 Å². The van der Waals surface area contributed by atoms with Crippen LogP contribution in [0.1, 0.15) is 19.3 Å². The fraction of sp³-hybridized carbons (Fsp3) is 0.312. The molecule has 1 aromatic carbocycles. The van der Waals surface area contributed by atoms with Gasteiger partial charge in [-0.1, -0.05) is 11.3 Å². The maximum Gasteiger partial charge on any atom is 0.242 e. The number of aromatic nitrogens is 3. The van der Waals surface area contributed by atoms with Gasteiger partial charge in [0.1, 0.15) is 11.9 Å². The Bertz CT molecular complexity index is 841. The summed E-state index contributed by atoms with van der Waals surface area (Å²) < 4.78 is 14.7. The average molecular weight is 345 g/mol. The lowest BCUT2D eigenvalue weighted by Gasteiger charge is -2.13. The molecule has 3 aromatic rings. The summed E-state index contributed by atoms with van der Waals surface area (Å²) in [6, 6.07) is 5.95. The number of benzene rings is 1. The van der Waals surface area contributed by atoms with Crippen molar-refractivity contribution in [3.63, 3.8) is 0 Å². The Morgan fingerprint density at radius 1 is 1.29 bits per heavy atom. The van der Waals surface area contributed by atoms with Crippen molar-refractivity contribution >= 4 is 27.3 Å². The van der Waals surface area contributed by atoms with E-state index in [-0.39, 0.29) is 17.8 Å². The van der Waals surface area contributed by atoms with Gasteiger partial charge in [-0.3, -0.25) is 4.79 Å². The SMILES string of the molecule is O=C1NCCCC[C@@H]1Nc1nn2cc(-c3ccc(F)cc3)nc2s1. The third-order valence-corrected chi connectivity index (χ3v) is 4.87. The topological polar surface area (TPSA) is 71.3 Å².